The standard InChI is InChI=1S/C10H14FNO/c1-6-3-8(4-7(2)12)9(11)5-10(6)13/h3,5,7,13H,4,12H2,1-2H3. The molecule has 0 saturated carbocycles. The van der Waals surface area contributed by atoms with E-state index >= 15 is 0 Å². The van der Waals surface area contributed by atoms with Crippen molar-refractivity contribution in [3.63, 3.8) is 0 Å². The lowest BCUT2D eigenvalue weighted by atomic mass is 10.0. The predicted molar refractivity (Wildman–Crippen MR) is 50.2 cm³/mol. The molecule has 0 aliphatic carbocycles. The van der Waals surface area contributed by atoms with E-state index in [4.69, 9.17) is 5.73 Å². The average Bonchev–Trinajstić information content (AvgIpc) is 1.99. The van der Waals surface area contributed by atoms with Crippen LogP contribution in [-0.4, -0.2) is 11.1 Å². The van der Waals surface area contributed by atoms with Crippen LogP contribution in [0, 0.1) is 12.7 Å². The van der Waals surface area contributed by atoms with Crippen molar-refractivity contribution in [3.8, 4) is 5.75 Å². The molecule has 0 amide bonds. The second kappa shape index (κ2) is 3.75. The number of hydrogen-bond donors (Lipinski definition) is 2. The summed E-state index contributed by atoms with van der Waals surface area (Å²) in [6.45, 7) is 3.56. The van der Waals surface area contributed by atoms with E-state index in [-0.39, 0.29) is 17.6 Å². The normalized spacial score (nSPS) is 12.9. The Morgan fingerprint density at radius 2 is 2.15 bits per heavy atom. The number of benzene rings is 1. The average molecular weight is 183 g/mol. The van der Waals surface area contributed by atoms with E-state index in [0.717, 1.165) is 6.07 Å². The first-order valence-electron chi connectivity index (χ1n) is 4.24. The molecule has 0 fully saturated rings. The van der Waals surface area contributed by atoms with Gasteiger partial charge in [-0.1, -0.05) is 0 Å². The van der Waals surface area contributed by atoms with Crippen molar-refractivity contribution in [1.29, 1.82) is 0 Å². The van der Waals surface area contributed by atoms with Gasteiger partial charge in [0.15, 0.2) is 0 Å². The molecule has 0 saturated heterocycles. The fourth-order valence-electron chi connectivity index (χ4n) is 1.23. The van der Waals surface area contributed by atoms with Crippen LogP contribution in [0.5, 0.6) is 5.75 Å². The quantitative estimate of drug-likeness (QED) is 0.733. The van der Waals surface area contributed by atoms with Crippen molar-refractivity contribution in [2.24, 2.45) is 5.73 Å². The number of aromatic hydroxyl groups is 1. The summed E-state index contributed by atoms with van der Waals surface area (Å²) in [5.74, 6) is -0.397. The Morgan fingerprint density at radius 3 is 2.69 bits per heavy atom. The Morgan fingerprint density at radius 1 is 1.54 bits per heavy atom. The number of hydrogen-bond acceptors (Lipinski definition) is 2. The van der Waals surface area contributed by atoms with E-state index < -0.39 is 0 Å². The highest BCUT2D eigenvalue weighted by atomic mass is 19.1. The van der Waals surface area contributed by atoms with Gasteiger partial charge in [0.1, 0.15) is 11.6 Å². The first kappa shape index (κ1) is 9.99. The summed E-state index contributed by atoms with van der Waals surface area (Å²) in [6.07, 6.45) is 0.493. The fraction of sp³-hybridized carbons (Fsp3) is 0.400. The minimum atomic E-state index is -0.389. The smallest absolute Gasteiger partial charge is 0.130 e. The highest BCUT2D eigenvalue weighted by Gasteiger charge is 2.07. The molecule has 1 unspecified atom stereocenters. The number of halogens is 1. The van der Waals surface area contributed by atoms with Gasteiger partial charge < -0.3 is 10.8 Å². The highest BCUT2D eigenvalue weighted by Crippen LogP contribution is 2.21. The molecule has 13 heavy (non-hydrogen) atoms. The third kappa shape index (κ3) is 2.42. The fourth-order valence-corrected chi connectivity index (χ4v) is 1.23. The summed E-state index contributed by atoms with van der Waals surface area (Å²) in [7, 11) is 0. The van der Waals surface area contributed by atoms with Crippen molar-refractivity contribution in [3.05, 3.63) is 29.1 Å². The predicted octanol–water partition coefficient (Wildman–Crippen LogP) is 1.73. The maximum atomic E-state index is 13.2. The minimum absolute atomic E-state index is 0.00840. The Labute approximate surface area is 77.2 Å². The van der Waals surface area contributed by atoms with Crippen LogP contribution >= 0.6 is 0 Å². The second-order valence-electron chi connectivity index (χ2n) is 3.41. The monoisotopic (exact) mass is 183 g/mol. The van der Waals surface area contributed by atoms with Gasteiger partial charge in [0.2, 0.25) is 0 Å². The molecule has 1 aromatic carbocycles. The molecule has 1 atom stereocenters. The van der Waals surface area contributed by atoms with E-state index in [9.17, 15) is 9.50 Å². The summed E-state index contributed by atoms with van der Waals surface area (Å²) in [4.78, 5) is 0. The third-order valence-corrected chi connectivity index (χ3v) is 1.91. The van der Waals surface area contributed by atoms with Gasteiger partial charge in [-0.3, -0.25) is 0 Å². The lowest BCUT2D eigenvalue weighted by molar-refractivity contribution is 0.463. The summed E-state index contributed by atoms with van der Waals surface area (Å²) >= 11 is 0. The maximum absolute atomic E-state index is 13.2. The van der Waals surface area contributed by atoms with Crippen molar-refractivity contribution >= 4 is 0 Å². The SMILES string of the molecule is Cc1cc(CC(C)N)c(F)cc1O. The van der Waals surface area contributed by atoms with Gasteiger partial charge in [-0.15, -0.1) is 0 Å². The summed E-state index contributed by atoms with van der Waals surface area (Å²) in [5, 5.41) is 9.19. The molecule has 2 nitrogen and oxygen atoms in total. The number of nitrogens with two attached hydrogens (primary N) is 1. The number of phenols is 1. The molecular formula is C10H14FNO. The molecule has 0 heterocycles. The molecule has 0 aliphatic heterocycles. The van der Waals surface area contributed by atoms with E-state index in [2.05, 4.69) is 0 Å². The topological polar surface area (TPSA) is 46.2 Å². The third-order valence-electron chi connectivity index (χ3n) is 1.91. The molecule has 0 spiro atoms. The molecule has 0 radical (unpaired) electrons. The first-order chi connectivity index (χ1) is 6.00. The Hall–Kier alpha value is -1.09. The minimum Gasteiger partial charge on any atom is -0.508 e. The molecule has 1 rings (SSSR count). The van der Waals surface area contributed by atoms with E-state index in [1.165, 1.54) is 0 Å². The van der Waals surface area contributed by atoms with Gasteiger partial charge in [0.05, 0.1) is 0 Å². The molecule has 1 aromatic rings. The van der Waals surface area contributed by atoms with Crippen LogP contribution in [0.25, 0.3) is 0 Å². The molecule has 0 aromatic heterocycles. The van der Waals surface area contributed by atoms with E-state index in [1.807, 2.05) is 6.92 Å². The zero-order valence-corrected chi connectivity index (χ0v) is 7.84. The number of aryl methyl sites for hydroxylation is 1. The maximum Gasteiger partial charge on any atom is 0.130 e. The van der Waals surface area contributed by atoms with Crippen LogP contribution in [0.4, 0.5) is 4.39 Å². The Bertz CT molecular complexity index is 310. The van der Waals surface area contributed by atoms with Crippen LogP contribution in [-0.2, 0) is 6.42 Å². The molecular weight excluding hydrogens is 169 g/mol. The van der Waals surface area contributed by atoms with Crippen LogP contribution in [0.3, 0.4) is 0 Å². The van der Waals surface area contributed by atoms with Crippen molar-refractivity contribution < 1.29 is 9.50 Å². The zero-order valence-electron chi connectivity index (χ0n) is 7.84. The zero-order chi connectivity index (χ0) is 10.0. The Kier molecular flexibility index (Phi) is 2.88. The van der Waals surface area contributed by atoms with Crippen molar-refractivity contribution in [2.45, 2.75) is 26.3 Å². The number of phenolic OH excluding ortho intramolecular Hbond substituents is 1. The van der Waals surface area contributed by atoms with Crippen LogP contribution < -0.4 is 5.73 Å². The Balaban J connectivity index is 3.01. The van der Waals surface area contributed by atoms with Crippen molar-refractivity contribution in [1.82, 2.24) is 0 Å². The van der Waals surface area contributed by atoms with Gasteiger partial charge in [-0.25, -0.2) is 4.39 Å². The summed E-state index contributed by atoms with van der Waals surface area (Å²) < 4.78 is 13.2. The molecule has 3 N–H and O–H groups in total. The first-order valence-corrected chi connectivity index (χ1v) is 4.24. The molecule has 0 bridgehead atoms. The van der Waals surface area contributed by atoms with Crippen molar-refractivity contribution in [2.75, 3.05) is 0 Å². The largest absolute Gasteiger partial charge is 0.508 e. The molecule has 0 aliphatic rings. The highest BCUT2D eigenvalue weighted by molar-refractivity contribution is 5.36. The summed E-state index contributed by atoms with van der Waals surface area (Å²) in [6, 6.07) is 2.69. The molecule has 3 heteroatoms. The van der Waals surface area contributed by atoms with Gasteiger partial charge in [0, 0.05) is 12.1 Å². The van der Waals surface area contributed by atoms with E-state index in [0.29, 0.717) is 17.5 Å². The lowest BCUT2D eigenvalue weighted by Gasteiger charge is -2.08. The number of rotatable bonds is 2. The van der Waals surface area contributed by atoms with Gasteiger partial charge in [-0.2, -0.15) is 0 Å². The van der Waals surface area contributed by atoms with Crippen LogP contribution in [0.1, 0.15) is 18.1 Å². The molecule has 72 valence electrons. The van der Waals surface area contributed by atoms with Crippen LogP contribution in [0.15, 0.2) is 12.1 Å². The van der Waals surface area contributed by atoms with Gasteiger partial charge in [0.25, 0.3) is 0 Å². The second-order valence-corrected chi connectivity index (χ2v) is 3.41. The summed E-state index contributed by atoms with van der Waals surface area (Å²) in [5.41, 5.74) is 6.79. The van der Waals surface area contributed by atoms with E-state index in [1.54, 1.807) is 13.0 Å². The van der Waals surface area contributed by atoms with Crippen LogP contribution in [0.2, 0.25) is 0 Å². The van der Waals surface area contributed by atoms with Gasteiger partial charge in [-0.05, 0) is 37.5 Å². The van der Waals surface area contributed by atoms with Gasteiger partial charge >= 0.3 is 0 Å². The lowest BCUT2D eigenvalue weighted by Crippen LogP contribution is -2.18.